The molecule has 0 unspecified atom stereocenters. The van der Waals surface area contributed by atoms with E-state index >= 15 is 0 Å². The van der Waals surface area contributed by atoms with Crippen LogP contribution < -0.4 is 10.5 Å². The lowest BCUT2D eigenvalue weighted by Gasteiger charge is -2.01. The van der Waals surface area contributed by atoms with Crippen molar-refractivity contribution in [2.45, 2.75) is 19.3 Å². The number of aromatic amines is 1. The Morgan fingerprint density at radius 2 is 2.33 bits per heavy atom. The van der Waals surface area contributed by atoms with Crippen molar-refractivity contribution in [2.24, 2.45) is 5.73 Å². The summed E-state index contributed by atoms with van der Waals surface area (Å²) in [6.07, 6.45) is 6.68. The second-order valence-electron chi connectivity index (χ2n) is 2.63. The van der Waals surface area contributed by atoms with Gasteiger partial charge in [-0.05, 0) is 25.8 Å². The van der Waals surface area contributed by atoms with Crippen LogP contribution in [0.3, 0.4) is 0 Å². The smallest absolute Gasteiger partial charge is 0.156 e. The number of nitrogens with one attached hydrogen (secondary N) is 1. The zero-order valence-corrected chi connectivity index (χ0v) is 7.12. The molecule has 4 nitrogen and oxygen atoms in total. The Morgan fingerprint density at radius 3 is 3.00 bits per heavy atom. The molecule has 0 aliphatic heterocycles. The van der Waals surface area contributed by atoms with Crippen molar-refractivity contribution >= 4 is 0 Å². The SMILES string of the molecule is NCCCCCOc1cn[nH]c1. The van der Waals surface area contributed by atoms with Crippen LogP contribution in [0.1, 0.15) is 19.3 Å². The Labute approximate surface area is 72.1 Å². The minimum absolute atomic E-state index is 0.750. The Kier molecular flexibility index (Phi) is 4.23. The summed E-state index contributed by atoms with van der Waals surface area (Å²) in [5.41, 5.74) is 5.35. The molecule has 0 aromatic carbocycles. The molecule has 0 aliphatic carbocycles. The summed E-state index contributed by atoms with van der Waals surface area (Å²) in [5.74, 6) is 0.808. The standard InChI is InChI=1S/C8H15N3O/c9-4-2-1-3-5-12-8-6-10-11-7-8/h6-7H,1-5,9H2,(H,10,11). The number of unbranched alkanes of at least 4 members (excludes halogenated alkanes) is 2. The predicted molar refractivity (Wildman–Crippen MR) is 47.0 cm³/mol. The van der Waals surface area contributed by atoms with E-state index in [4.69, 9.17) is 10.5 Å². The number of H-pyrrole nitrogens is 1. The van der Waals surface area contributed by atoms with Crippen molar-refractivity contribution < 1.29 is 4.74 Å². The second-order valence-corrected chi connectivity index (χ2v) is 2.63. The maximum atomic E-state index is 5.36. The Hall–Kier alpha value is -1.03. The van der Waals surface area contributed by atoms with Crippen molar-refractivity contribution in [2.75, 3.05) is 13.2 Å². The van der Waals surface area contributed by atoms with E-state index in [2.05, 4.69) is 10.2 Å². The summed E-state index contributed by atoms with van der Waals surface area (Å²) in [6.45, 7) is 1.52. The number of nitrogens with zero attached hydrogens (tertiary/aromatic N) is 1. The van der Waals surface area contributed by atoms with Crippen LogP contribution in [-0.4, -0.2) is 23.3 Å². The Morgan fingerprint density at radius 1 is 1.42 bits per heavy atom. The molecule has 0 saturated heterocycles. The summed E-state index contributed by atoms with van der Waals surface area (Å²) in [4.78, 5) is 0. The molecular weight excluding hydrogens is 154 g/mol. The van der Waals surface area contributed by atoms with Gasteiger partial charge in [0.25, 0.3) is 0 Å². The fourth-order valence-electron chi connectivity index (χ4n) is 0.931. The van der Waals surface area contributed by atoms with Gasteiger partial charge in [-0.3, -0.25) is 5.10 Å². The maximum absolute atomic E-state index is 5.36. The van der Waals surface area contributed by atoms with Crippen LogP contribution in [0.2, 0.25) is 0 Å². The lowest BCUT2D eigenvalue weighted by atomic mass is 10.2. The van der Waals surface area contributed by atoms with Gasteiger partial charge in [0.1, 0.15) is 0 Å². The molecule has 1 aromatic heterocycles. The molecule has 3 N–H and O–H groups in total. The van der Waals surface area contributed by atoms with E-state index in [1.165, 1.54) is 0 Å². The average molecular weight is 169 g/mol. The highest BCUT2D eigenvalue weighted by Gasteiger charge is 1.92. The van der Waals surface area contributed by atoms with E-state index in [-0.39, 0.29) is 0 Å². The van der Waals surface area contributed by atoms with Crippen molar-refractivity contribution in [3.05, 3.63) is 12.4 Å². The van der Waals surface area contributed by atoms with Crippen LogP contribution in [0.4, 0.5) is 0 Å². The van der Waals surface area contributed by atoms with Crippen LogP contribution in [-0.2, 0) is 0 Å². The van der Waals surface area contributed by atoms with Gasteiger partial charge in [-0.25, -0.2) is 0 Å². The van der Waals surface area contributed by atoms with E-state index < -0.39 is 0 Å². The van der Waals surface area contributed by atoms with Crippen LogP contribution in [0.5, 0.6) is 5.75 Å². The molecule has 0 fully saturated rings. The molecule has 4 heteroatoms. The summed E-state index contributed by atoms with van der Waals surface area (Å²) in [6, 6.07) is 0. The molecule has 1 rings (SSSR count). The Bertz CT molecular complexity index is 186. The first-order valence-electron chi connectivity index (χ1n) is 4.25. The van der Waals surface area contributed by atoms with Crippen LogP contribution in [0.25, 0.3) is 0 Å². The number of ether oxygens (including phenoxy) is 1. The zero-order chi connectivity index (χ0) is 8.65. The second kappa shape index (κ2) is 5.60. The van der Waals surface area contributed by atoms with Crippen LogP contribution >= 0.6 is 0 Å². The molecule has 0 spiro atoms. The summed E-state index contributed by atoms with van der Waals surface area (Å²) in [7, 11) is 0. The summed E-state index contributed by atoms with van der Waals surface area (Å²) >= 11 is 0. The monoisotopic (exact) mass is 169 g/mol. The van der Waals surface area contributed by atoms with E-state index in [1.54, 1.807) is 12.4 Å². The highest BCUT2D eigenvalue weighted by atomic mass is 16.5. The lowest BCUT2D eigenvalue weighted by molar-refractivity contribution is 0.306. The van der Waals surface area contributed by atoms with E-state index in [0.29, 0.717) is 0 Å². The highest BCUT2D eigenvalue weighted by Crippen LogP contribution is 2.05. The van der Waals surface area contributed by atoms with Gasteiger partial charge in [0, 0.05) is 0 Å². The number of aromatic nitrogens is 2. The van der Waals surface area contributed by atoms with Gasteiger partial charge >= 0.3 is 0 Å². The third kappa shape index (κ3) is 3.39. The third-order valence-corrected chi connectivity index (χ3v) is 1.59. The average Bonchev–Trinajstić information content (AvgIpc) is 2.57. The van der Waals surface area contributed by atoms with E-state index in [9.17, 15) is 0 Å². The molecule has 0 radical (unpaired) electrons. The molecule has 0 saturated carbocycles. The maximum Gasteiger partial charge on any atom is 0.156 e. The minimum Gasteiger partial charge on any atom is -0.490 e. The first-order chi connectivity index (χ1) is 5.93. The fraction of sp³-hybridized carbons (Fsp3) is 0.625. The van der Waals surface area contributed by atoms with Gasteiger partial charge in [-0.15, -0.1) is 0 Å². The number of hydrogen-bond acceptors (Lipinski definition) is 3. The minimum atomic E-state index is 0.750. The van der Waals surface area contributed by atoms with Crippen molar-refractivity contribution in [3.8, 4) is 5.75 Å². The van der Waals surface area contributed by atoms with Gasteiger partial charge in [0.2, 0.25) is 0 Å². The van der Waals surface area contributed by atoms with Crippen molar-refractivity contribution in [3.63, 3.8) is 0 Å². The molecule has 0 bridgehead atoms. The molecule has 0 aliphatic rings. The van der Waals surface area contributed by atoms with Gasteiger partial charge in [0.05, 0.1) is 19.0 Å². The third-order valence-electron chi connectivity index (χ3n) is 1.59. The van der Waals surface area contributed by atoms with Gasteiger partial charge in [-0.1, -0.05) is 0 Å². The summed E-state index contributed by atoms with van der Waals surface area (Å²) < 4.78 is 5.36. The first kappa shape index (κ1) is 9.06. The molecular formula is C8H15N3O. The van der Waals surface area contributed by atoms with E-state index in [0.717, 1.165) is 38.2 Å². The molecule has 0 atom stereocenters. The zero-order valence-electron chi connectivity index (χ0n) is 7.12. The number of rotatable bonds is 6. The van der Waals surface area contributed by atoms with E-state index in [1.807, 2.05) is 0 Å². The fourth-order valence-corrected chi connectivity index (χ4v) is 0.931. The van der Waals surface area contributed by atoms with Crippen molar-refractivity contribution in [1.82, 2.24) is 10.2 Å². The molecule has 12 heavy (non-hydrogen) atoms. The molecule has 68 valence electrons. The predicted octanol–water partition coefficient (Wildman–Crippen LogP) is 0.917. The normalized spacial score (nSPS) is 10.1. The van der Waals surface area contributed by atoms with Crippen molar-refractivity contribution in [1.29, 1.82) is 0 Å². The number of nitrogens with two attached hydrogens (primary N) is 1. The van der Waals surface area contributed by atoms with Crippen LogP contribution in [0.15, 0.2) is 12.4 Å². The highest BCUT2D eigenvalue weighted by molar-refractivity contribution is 5.09. The number of hydrogen-bond donors (Lipinski definition) is 2. The van der Waals surface area contributed by atoms with Gasteiger partial charge < -0.3 is 10.5 Å². The van der Waals surface area contributed by atoms with Crippen LogP contribution in [0, 0.1) is 0 Å². The lowest BCUT2D eigenvalue weighted by Crippen LogP contribution is -2.01. The topological polar surface area (TPSA) is 63.9 Å². The van der Waals surface area contributed by atoms with Gasteiger partial charge in [-0.2, -0.15) is 5.10 Å². The Balaban J connectivity index is 1.96. The molecule has 1 heterocycles. The quantitative estimate of drug-likeness (QED) is 0.622. The molecule has 0 amide bonds. The van der Waals surface area contributed by atoms with Gasteiger partial charge in [0.15, 0.2) is 5.75 Å². The summed E-state index contributed by atoms with van der Waals surface area (Å²) in [5, 5.41) is 6.45. The first-order valence-corrected chi connectivity index (χ1v) is 4.25. The molecule has 1 aromatic rings. The largest absolute Gasteiger partial charge is 0.490 e.